The lowest BCUT2D eigenvalue weighted by Crippen LogP contribution is -2.11. The second-order valence-electron chi connectivity index (χ2n) is 17.3. The Labute approximate surface area is 377 Å². The third-order valence-electron chi connectivity index (χ3n) is 12.2. The van der Waals surface area contributed by atoms with Crippen LogP contribution in [0.15, 0.2) is 206 Å². The molecule has 0 aliphatic heterocycles. The topological polar surface area (TPSA) is 14.7 Å². The maximum atomic E-state index is 2.46. The van der Waals surface area contributed by atoms with Crippen molar-refractivity contribution in [3.05, 3.63) is 240 Å². The molecule has 10 rings (SSSR count). The quantitative estimate of drug-likeness (QED) is 0.136. The first kappa shape index (κ1) is 40.3. The zero-order valence-corrected chi connectivity index (χ0v) is 37.4. The van der Waals surface area contributed by atoms with Crippen molar-refractivity contribution in [3.63, 3.8) is 0 Å². The van der Waals surface area contributed by atoms with E-state index in [9.17, 15) is 0 Å². The van der Waals surface area contributed by atoms with E-state index in [-0.39, 0.29) is 0 Å². The van der Waals surface area contributed by atoms with Crippen molar-refractivity contribution in [2.75, 3.05) is 14.7 Å². The van der Waals surface area contributed by atoms with Crippen LogP contribution in [-0.4, -0.2) is 4.57 Å². The van der Waals surface area contributed by atoms with E-state index < -0.39 is 0 Å². The van der Waals surface area contributed by atoms with Gasteiger partial charge in [-0.2, -0.15) is 0 Å². The normalized spacial score (nSPS) is 11.3. The number of aryl methyl sites for hydroxylation is 6. The molecule has 0 aliphatic rings. The fourth-order valence-electron chi connectivity index (χ4n) is 9.25. The first-order chi connectivity index (χ1) is 31.2. The van der Waals surface area contributed by atoms with Crippen molar-refractivity contribution in [1.29, 1.82) is 0 Å². The van der Waals surface area contributed by atoms with Gasteiger partial charge in [-0.1, -0.05) is 84.9 Å². The highest BCUT2D eigenvalue weighted by molar-refractivity contribution is 6.11. The second kappa shape index (κ2) is 16.8. The maximum absolute atomic E-state index is 2.46. The number of rotatable bonds is 10. The van der Waals surface area contributed by atoms with Crippen LogP contribution in [-0.2, 0) is 0 Å². The number of fused-ring (bicyclic) bond motifs is 3. The Hall–Kier alpha value is -7.82. The van der Waals surface area contributed by atoms with Crippen molar-refractivity contribution in [1.82, 2.24) is 4.57 Å². The Morgan fingerprint density at radius 1 is 0.250 bits per heavy atom. The Morgan fingerprint density at radius 3 is 0.781 bits per heavy atom. The predicted octanol–water partition coefficient (Wildman–Crippen LogP) is 17.0. The Kier molecular flexibility index (Phi) is 10.6. The number of hydrogen-bond acceptors (Lipinski definition) is 3. The van der Waals surface area contributed by atoms with Gasteiger partial charge in [0.1, 0.15) is 0 Å². The molecule has 0 N–H and O–H groups in total. The molecule has 0 atom stereocenters. The summed E-state index contributed by atoms with van der Waals surface area (Å²) in [5.41, 5.74) is 20.7. The van der Waals surface area contributed by atoms with E-state index in [4.69, 9.17) is 0 Å². The lowest BCUT2D eigenvalue weighted by Gasteiger charge is -2.27. The van der Waals surface area contributed by atoms with Gasteiger partial charge in [-0.3, -0.25) is 0 Å². The number of benzene rings is 9. The van der Waals surface area contributed by atoms with Crippen LogP contribution >= 0.6 is 0 Å². The molecule has 312 valence electrons. The van der Waals surface area contributed by atoms with Crippen molar-refractivity contribution in [2.24, 2.45) is 0 Å². The molecule has 4 heteroatoms. The fraction of sp³-hybridized carbons (Fsp3) is 0.100. The molecule has 64 heavy (non-hydrogen) atoms. The molecule has 0 fully saturated rings. The van der Waals surface area contributed by atoms with Crippen LogP contribution in [0.4, 0.5) is 51.2 Å². The fourth-order valence-corrected chi connectivity index (χ4v) is 9.25. The van der Waals surface area contributed by atoms with Crippen molar-refractivity contribution < 1.29 is 0 Å². The summed E-state index contributed by atoms with van der Waals surface area (Å²) >= 11 is 0. The highest BCUT2D eigenvalue weighted by Gasteiger charge is 2.21. The average Bonchev–Trinajstić information content (AvgIpc) is 3.60. The van der Waals surface area contributed by atoms with Gasteiger partial charge in [0.25, 0.3) is 0 Å². The average molecular weight is 829 g/mol. The van der Waals surface area contributed by atoms with Crippen LogP contribution in [0.5, 0.6) is 0 Å². The minimum Gasteiger partial charge on any atom is -0.310 e. The molecule has 0 saturated heterocycles. The van der Waals surface area contributed by atoms with Gasteiger partial charge in [0.2, 0.25) is 0 Å². The van der Waals surface area contributed by atoms with Crippen LogP contribution < -0.4 is 14.7 Å². The molecule has 0 bridgehead atoms. The monoisotopic (exact) mass is 828 g/mol. The van der Waals surface area contributed by atoms with E-state index in [2.05, 4.69) is 267 Å². The zero-order chi connectivity index (χ0) is 43.9. The highest BCUT2D eigenvalue weighted by Crippen LogP contribution is 2.44. The van der Waals surface area contributed by atoms with Gasteiger partial charge in [-0.05, 0) is 196 Å². The summed E-state index contributed by atoms with van der Waals surface area (Å²) in [4.78, 5) is 7.12. The van der Waals surface area contributed by atoms with Gasteiger partial charge in [0.05, 0.1) is 11.0 Å². The standard InChI is InChI=1S/C60H52N4/c1-41-13-7-19-49(33-41)61(50-20-8-14-42(2)34-50)47-25-27-48(28-26-47)64-59-39-55(62(51-21-9-15-43(3)35-51)52-22-10-16-44(4)36-52)29-31-57(59)58-32-30-56(40-60(58)64)63(53-23-11-17-45(5)37-53)54-24-12-18-46(6)38-54/h7-40H,1-6H3. The minimum absolute atomic E-state index is 1.09. The van der Waals surface area contributed by atoms with E-state index >= 15 is 0 Å². The summed E-state index contributed by atoms with van der Waals surface area (Å²) in [5, 5.41) is 2.39. The number of anilines is 9. The molecule has 0 unspecified atom stereocenters. The van der Waals surface area contributed by atoms with Gasteiger partial charge < -0.3 is 19.3 Å². The second-order valence-corrected chi connectivity index (χ2v) is 17.3. The lowest BCUT2D eigenvalue weighted by atomic mass is 10.1. The SMILES string of the molecule is Cc1cccc(N(c2ccc(-n3c4cc(N(c5cccc(C)c5)c5cccc(C)c5)ccc4c4ccc(N(c5cccc(C)c5)c5cccc(C)c5)cc43)cc2)c2cccc(C)c2)c1. The Morgan fingerprint density at radius 2 is 0.500 bits per heavy atom. The molecule has 1 aromatic heterocycles. The molecular weight excluding hydrogens is 777 g/mol. The van der Waals surface area contributed by atoms with Gasteiger partial charge >= 0.3 is 0 Å². The molecule has 4 nitrogen and oxygen atoms in total. The number of hydrogen-bond donors (Lipinski definition) is 0. The van der Waals surface area contributed by atoms with Crippen LogP contribution in [0, 0.1) is 41.5 Å². The summed E-state index contributed by atoms with van der Waals surface area (Å²) in [5.74, 6) is 0. The van der Waals surface area contributed by atoms with Gasteiger partial charge in [-0.25, -0.2) is 0 Å². The highest BCUT2D eigenvalue weighted by atomic mass is 15.2. The van der Waals surface area contributed by atoms with E-state index in [0.717, 1.165) is 67.9 Å². The molecule has 0 aliphatic carbocycles. The minimum atomic E-state index is 1.09. The summed E-state index contributed by atoms with van der Waals surface area (Å²) in [6, 6.07) is 75.7. The Balaban J connectivity index is 1.21. The summed E-state index contributed by atoms with van der Waals surface area (Å²) in [7, 11) is 0. The first-order valence-electron chi connectivity index (χ1n) is 22.2. The van der Waals surface area contributed by atoms with E-state index in [1.54, 1.807) is 0 Å². The first-order valence-corrected chi connectivity index (χ1v) is 22.2. The third kappa shape index (κ3) is 7.80. The Bertz CT molecular complexity index is 3030. The van der Waals surface area contributed by atoms with Crippen LogP contribution in [0.2, 0.25) is 0 Å². The molecule has 10 aromatic rings. The van der Waals surface area contributed by atoms with Crippen LogP contribution in [0.3, 0.4) is 0 Å². The molecule has 9 aromatic carbocycles. The van der Waals surface area contributed by atoms with Gasteiger partial charge in [0.15, 0.2) is 0 Å². The maximum Gasteiger partial charge on any atom is 0.0561 e. The van der Waals surface area contributed by atoms with Crippen molar-refractivity contribution in [3.8, 4) is 5.69 Å². The molecular formula is C60H52N4. The van der Waals surface area contributed by atoms with Crippen LogP contribution in [0.1, 0.15) is 33.4 Å². The molecule has 0 amide bonds. The lowest BCUT2D eigenvalue weighted by molar-refractivity contribution is 1.17. The summed E-state index contributed by atoms with van der Waals surface area (Å²) in [6.45, 7) is 13.0. The van der Waals surface area contributed by atoms with Crippen LogP contribution in [0.25, 0.3) is 27.5 Å². The van der Waals surface area contributed by atoms with Gasteiger partial charge in [-0.15, -0.1) is 0 Å². The predicted molar refractivity (Wildman–Crippen MR) is 273 cm³/mol. The smallest absolute Gasteiger partial charge is 0.0561 e. The van der Waals surface area contributed by atoms with Gasteiger partial charge in [0, 0.05) is 67.6 Å². The van der Waals surface area contributed by atoms with Crippen molar-refractivity contribution in [2.45, 2.75) is 41.5 Å². The molecule has 1 heterocycles. The number of nitrogens with zero attached hydrogens (tertiary/aromatic N) is 4. The largest absolute Gasteiger partial charge is 0.310 e. The van der Waals surface area contributed by atoms with E-state index in [1.807, 2.05) is 0 Å². The number of aromatic nitrogens is 1. The summed E-state index contributed by atoms with van der Waals surface area (Å²) < 4.78 is 2.46. The van der Waals surface area contributed by atoms with E-state index in [0.29, 0.717) is 0 Å². The van der Waals surface area contributed by atoms with E-state index in [1.165, 1.54) is 44.2 Å². The third-order valence-corrected chi connectivity index (χ3v) is 12.2. The summed E-state index contributed by atoms with van der Waals surface area (Å²) in [6.07, 6.45) is 0. The van der Waals surface area contributed by atoms with Crippen molar-refractivity contribution >= 4 is 73.0 Å². The molecule has 0 saturated carbocycles. The zero-order valence-electron chi connectivity index (χ0n) is 37.4. The molecule has 0 spiro atoms. The molecule has 0 radical (unpaired) electrons.